The minimum Gasteiger partial charge on any atom is -0.478 e. The molecule has 0 saturated carbocycles. The summed E-state index contributed by atoms with van der Waals surface area (Å²) in [5.74, 6) is -1.93. The third-order valence-electron chi connectivity index (χ3n) is 5.05. The third kappa shape index (κ3) is 2.79. The highest BCUT2D eigenvalue weighted by Crippen LogP contribution is 2.42. The van der Waals surface area contributed by atoms with Gasteiger partial charge in [-0.3, -0.25) is 9.69 Å². The lowest BCUT2D eigenvalue weighted by Gasteiger charge is -2.42. The minimum atomic E-state index is -1.07. The van der Waals surface area contributed by atoms with Crippen molar-refractivity contribution in [2.45, 2.75) is 12.8 Å². The van der Waals surface area contributed by atoms with Gasteiger partial charge in [0.1, 0.15) is 17.6 Å². The van der Waals surface area contributed by atoms with E-state index in [9.17, 15) is 14.7 Å². The van der Waals surface area contributed by atoms with Gasteiger partial charge in [0, 0.05) is 11.6 Å². The second kappa shape index (κ2) is 6.81. The van der Waals surface area contributed by atoms with E-state index in [0.29, 0.717) is 17.4 Å². The summed E-state index contributed by atoms with van der Waals surface area (Å²) in [6.45, 7) is 5.64. The Kier molecular flexibility index (Phi) is 4.31. The van der Waals surface area contributed by atoms with Crippen molar-refractivity contribution < 1.29 is 14.7 Å². The SMILES string of the molecule is C=C1NC(=O)C2C(=NC(C)=C(C(=O)O)C2c2ccccc2)N1c1ccccc1. The maximum Gasteiger partial charge on any atom is 0.334 e. The Morgan fingerprint density at radius 1 is 1.07 bits per heavy atom. The molecule has 6 heteroatoms. The lowest BCUT2D eigenvalue weighted by Crippen LogP contribution is -2.56. The summed E-state index contributed by atoms with van der Waals surface area (Å²) in [7, 11) is 0. The van der Waals surface area contributed by atoms with Crippen molar-refractivity contribution in [1.29, 1.82) is 0 Å². The molecule has 0 aromatic heterocycles. The molecule has 2 N–H and O–H groups in total. The number of amidine groups is 1. The zero-order chi connectivity index (χ0) is 19.8. The molecule has 2 unspecified atom stereocenters. The Morgan fingerprint density at radius 3 is 2.29 bits per heavy atom. The molecule has 0 bridgehead atoms. The van der Waals surface area contributed by atoms with Crippen molar-refractivity contribution in [2.75, 3.05) is 4.90 Å². The highest BCUT2D eigenvalue weighted by Gasteiger charge is 2.47. The standard InChI is InChI=1S/C22H19N3O3/c1-13-17(22(27)28)18(15-9-5-3-6-10-15)19-20(23-13)25(14(2)24-21(19)26)16-11-7-4-8-12-16/h3-12,18-19H,2H2,1H3,(H,24,26)(H,27,28). The lowest BCUT2D eigenvalue weighted by molar-refractivity contribution is -0.133. The van der Waals surface area contributed by atoms with Crippen LogP contribution >= 0.6 is 0 Å². The Morgan fingerprint density at radius 2 is 1.68 bits per heavy atom. The van der Waals surface area contributed by atoms with Crippen molar-refractivity contribution in [3.63, 3.8) is 0 Å². The first kappa shape index (κ1) is 17.7. The molecular formula is C22H19N3O3. The smallest absolute Gasteiger partial charge is 0.334 e. The minimum absolute atomic E-state index is 0.135. The highest BCUT2D eigenvalue weighted by molar-refractivity contribution is 6.18. The summed E-state index contributed by atoms with van der Waals surface area (Å²) in [6.07, 6.45) is 0. The second-order valence-corrected chi connectivity index (χ2v) is 6.75. The van der Waals surface area contributed by atoms with Crippen LogP contribution in [0.5, 0.6) is 0 Å². The molecule has 140 valence electrons. The number of hydrogen-bond donors (Lipinski definition) is 2. The van der Waals surface area contributed by atoms with E-state index >= 15 is 0 Å². The summed E-state index contributed by atoms with van der Waals surface area (Å²) in [4.78, 5) is 31.4. The van der Waals surface area contributed by atoms with Crippen molar-refractivity contribution in [3.05, 3.63) is 89.9 Å². The van der Waals surface area contributed by atoms with Gasteiger partial charge in [0.25, 0.3) is 0 Å². The van der Waals surface area contributed by atoms with E-state index in [-0.39, 0.29) is 11.5 Å². The molecule has 1 amide bonds. The van der Waals surface area contributed by atoms with Gasteiger partial charge >= 0.3 is 5.97 Å². The Bertz CT molecular complexity index is 1030. The van der Waals surface area contributed by atoms with E-state index in [1.807, 2.05) is 60.7 Å². The molecule has 2 atom stereocenters. The molecule has 2 aromatic rings. The fraction of sp³-hybridized carbons (Fsp3) is 0.136. The average Bonchev–Trinajstić information content (AvgIpc) is 2.68. The molecule has 2 aliphatic rings. The number of carbonyl (C=O) groups excluding carboxylic acids is 1. The lowest BCUT2D eigenvalue weighted by atomic mass is 9.75. The normalized spacial score (nSPS) is 21.8. The number of nitrogens with one attached hydrogen (secondary N) is 1. The fourth-order valence-corrected chi connectivity index (χ4v) is 3.89. The maximum absolute atomic E-state index is 13.0. The molecule has 1 saturated heterocycles. The van der Waals surface area contributed by atoms with Crippen LogP contribution in [0, 0.1) is 5.92 Å². The fourth-order valence-electron chi connectivity index (χ4n) is 3.89. The summed E-state index contributed by atoms with van der Waals surface area (Å²) in [5, 5.41) is 12.7. The number of anilines is 1. The van der Waals surface area contributed by atoms with Crippen molar-refractivity contribution >= 4 is 23.4 Å². The number of carboxylic acids is 1. The van der Waals surface area contributed by atoms with Crippen LogP contribution < -0.4 is 10.2 Å². The molecule has 2 aliphatic heterocycles. The number of nitrogens with zero attached hydrogens (tertiary/aromatic N) is 2. The van der Waals surface area contributed by atoms with Crippen molar-refractivity contribution in [2.24, 2.45) is 10.9 Å². The van der Waals surface area contributed by atoms with E-state index in [1.165, 1.54) is 0 Å². The molecule has 0 spiro atoms. The van der Waals surface area contributed by atoms with Gasteiger partial charge < -0.3 is 10.4 Å². The Hall–Kier alpha value is -3.67. The van der Waals surface area contributed by atoms with Crippen LogP contribution in [0.25, 0.3) is 0 Å². The van der Waals surface area contributed by atoms with E-state index in [0.717, 1.165) is 11.3 Å². The largest absolute Gasteiger partial charge is 0.478 e. The monoisotopic (exact) mass is 373 g/mol. The first-order chi connectivity index (χ1) is 13.5. The number of para-hydroxylation sites is 1. The van der Waals surface area contributed by atoms with E-state index in [1.54, 1.807) is 11.8 Å². The summed E-state index contributed by atoms with van der Waals surface area (Å²) >= 11 is 0. The number of amides is 1. The van der Waals surface area contributed by atoms with Crippen LogP contribution in [0.2, 0.25) is 0 Å². The van der Waals surface area contributed by atoms with E-state index in [2.05, 4.69) is 16.9 Å². The number of carboxylic acid groups (broad SMARTS) is 1. The van der Waals surface area contributed by atoms with E-state index < -0.39 is 17.8 Å². The highest BCUT2D eigenvalue weighted by atomic mass is 16.4. The molecule has 2 aromatic carbocycles. The van der Waals surface area contributed by atoms with Crippen LogP contribution in [0.15, 0.2) is 89.3 Å². The number of aliphatic imine (C=N–C) groups is 1. The van der Waals surface area contributed by atoms with Gasteiger partial charge in [0.2, 0.25) is 5.91 Å². The third-order valence-corrected chi connectivity index (χ3v) is 5.05. The number of fused-ring (bicyclic) bond motifs is 1. The first-order valence-electron chi connectivity index (χ1n) is 8.91. The number of rotatable bonds is 3. The molecule has 1 fully saturated rings. The Balaban J connectivity index is 1.94. The predicted octanol–water partition coefficient (Wildman–Crippen LogP) is 3.26. The van der Waals surface area contributed by atoms with Gasteiger partial charge in [-0.15, -0.1) is 0 Å². The van der Waals surface area contributed by atoms with Crippen LogP contribution in [0.3, 0.4) is 0 Å². The summed E-state index contributed by atoms with van der Waals surface area (Å²) in [5.41, 5.74) is 2.08. The van der Waals surface area contributed by atoms with Crippen LogP contribution in [-0.2, 0) is 9.59 Å². The zero-order valence-corrected chi connectivity index (χ0v) is 15.3. The van der Waals surface area contributed by atoms with Crippen LogP contribution in [0.1, 0.15) is 18.4 Å². The maximum atomic E-state index is 13.0. The summed E-state index contributed by atoms with van der Waals surface area (Å²) < 4.78 is 0. The van der Waals surface area contributed by atoms with Crippen LogP contribution in [-0.4, -0.2) is 22.8 Å². The number of allylic oxidation sites excluding steroid dienone is 1. The molecule has 0 aliphatic carbocycles. The average molecular weight is 373 g/mol. The number of aliphatic carboxylic acids is 1. The van der Waals surface area contributed by atoms with E-state index in [4.69, 9.17) is 0 Å². The van der Waals surface area contributed by atoms with Crippen LogP contribution in [0.4, 0.5) is 5.69 Å². The van der Waals surface area contributed by atoms with Crippen molar-refractivity contribution in [3.8, 4) is 0 Å². The molecule has 0 radical (unpaired) electrons. The molecule has 28 heavy (non-hydrogen) atoms. The Labute approximate surface area is 162 Å². The second-order valence-electron chi connectivity index (χ2n) is 6.75. The molecule has 6 nitrogen and oxygen atoms in total. The van der Waals surface area contributed by atoms with Gasteiger partial charge in [0.15, 0.2) is 0 Å². The number of carbonyl (C=O) groups is 2. The van der Waals surface area contributed by atoms with Gasteiger partial charge in [0.05, 0.1) is 11.3 Å². The molecule has 4 rings (SSSR count). The molecule has 2 heterocycles. The quantitative estimate of drug-likeness (QED) is 0.865. The summed E-state index contributed by atoms with van der Waals surface area (Å²) in [6, 6.07) is 18.7. The van der Waals surface area contributed by atoms with Gasteiger partial charge in [-0.05, 0) is 24.6 Å². The van der Waals surface area contributed by atoms with Gasteiger partial charge in [-0.25, -0.2) is 9.79 Å². The zero-order valence-electron chi connectivity index (χ0n) is 15.3. The first-order valence-corrected chi connectivity index (χ1v) is 8.91. The topological polar surface area (TPSA) is 82.0 Å². The number of benzene rings is 2. The van der Waals surface area contributed by atoms with Gasteiger partial charge in [-0.1, -0.05) is 55.1 Å². The number of hydrogen-bond acceptors (Lipinski definition) is 4. The van der Waals surface area contributed by atoms with Crippen molar-refractivity contribution in [1.82, 2.24) is 5.32 Å². The molecular weight excluding hydrogens is 354 g/mol. The van der Waals surface area contributed by atoms with Gasteiger partial charge in [-0.2, -0.15) is 0 Å². The predicted molar refractivity (Wildman–Crippen MR) is 107 cm³/mol.